The van der Waals surface area contributed by atoms with Gasteiger partial charge in [0.15, 0.2) is 5.78 Å². The largest absolute Gasteiger partial charge is 0.497 e. The summed E-state index contributed by atoms with van der Waals surface area (Å²) in [6, 6.07) is 23.9. The number of hydrogen-bond donors (Lipinski definition) is 3. The third-order valence-corrected chi connectivity index (χ3v) is 6.18. The zero-order chi connectivity index (χ0) is 24.3. The van der Waals surface area contributed by atoms with E-state index in [1.807, 2.05) is 72.4 Å². The van der Waals surface area contributed by atoms with Crippen molar-refractivity contribution in [3.8, 4) is 5.75 Å². The lowest BCUT2D eigenvalue weighted by atomic mass is 9.92. The van der Waals surface area contributed by atoms with Crippen molar-refractivity contribution >= 4 is 28.9 Å². The molecule has 3 aromatic carbocycles. The first kappa shape index (κ1) is 25.1. The van der Waals surface area contributed by atoms with Gasteiger partial charge in [-0.1, -0.05) is 60.7 Å². The molecule has 0 aliphatic carbocycles. The van der Waals surface area contributed by atoms with Crippen molar-refractivity contribution in [1.82, 2.24) is 0 Å². The van der Waals surface area contributed by atoms with Crippen molar-refractivity contribution in [2.75, 3.05) is 24.4 Å². The third kappa shape index (κ3) is 6.51. The number of anilines is 1. The van der Waals surface area contributed by atoms with Crippen LogP contribution in [0.3, 0.4) is 0 Å². The summed E-state index contributed by atoms with van der Waals surface area (Å²) in [5.41, 5.74) is 9.49. The minimum atomic E-state index is -0.716. The Morgan fingerprint density at radius 1 is 1.09 bits per heavy atom. The molecule has 0 bridgehead atoms. The number of carbonyl (C=O) groups is 1. The van der Waals surface area contributed by atoms with Gasteiger partial charge >= 0.3 is 0 Å². The molecule has 4 N–H and O–H groups in total. The van der Waals surface area contributed by atoms with Crippen LogP contribution in [-0.4, -0.2) is 30.6 Å². The molecule has 0 aliphatic rings. The van der Waals surface area contributed by atoms with Crippen LogP contribution in [0, 0.1) is 5.41 Å². The summed E-state index contributed by atoms with van der Waals surface area (Å²) in [5, 5.41) is 12.0. The van der Waals surface area contributed by atoms with Gasteiger partial charge in [0.2, 0.25) is 0 Å². The first-order valence-electron chi connectivity index (χ1n) is 11.2. The summed E-state index contributed by atoms with van der Waals surface area (Å²) in [5.74, 6) is 1.54. The Bertz CT molecular complexity index is 1130. The standard InChI is InChI=1S/C28H31N3O2S/c1-33-24-17-20(10-9-15-34-2)16-23(18-24)31-27(22-13-7-4-8-14-22)28(32)25(19-29)26(30)21-11-5-3-6-12-21/h3-8,11-14,16-19,27,30-31H,9-10,15,29H2,1-2H3/b25-19+,30-26?. The first-order chi connectivity index (χ1) is 16.6. The molecule has 176 valence electrons. The van der Waals surface area contributed by atoms with Crippen LogP contribution in [0.2, 0.25) is 0 Å². The fourth-order valence-corrected chi connectivity index (χ4v) is 4.18. The molecule has 0 heterocycles. The van der Waals surface area contributed by atoms with Crippen molar-refractivity contribution in [2.24, 2.45) is 5.73 Å². The van der Waals surface area contributed by atoms with Crippen LogP contribution in [0.5, 0.6) is 5.75 Å². The van der Waals surface area contributed by atoms with Gasteiger partial charge in [-0.3, -0.25) is 10.2 Å². The number of carbonyl (C=O) groups excluding carboxylic acids is 1. The lowest BCUT2D eigenvalue weighted by Crippen LogP contribution is -2.27. The van der Waals surface area contributed by atoms with Crippen molar-refractivity contribution in [2.45, 2.75) is 18.9 Å². The molecule has 1 atom stereocenters. The number of rotatable bonds is 12. The smallest absolute Gasteiger partial charge is 0.193 e. The molecule has 34 heavy (non-hydrogen) atoms. The monoisotopic (exact) mass is 473 g/mol. The molecule has 6 heteroatoms. The van der Waals surface area contributed by atoms with Crippen molar-refractivity contribution < 1.29 is 9.53 Å². The molecular weight excluding hydrogens is 442 g/mol. The highest BCUT2D eigenvalue weighted by molar-refractivity contribution is 7.98. The first-order valence-corrected chi connectivity index (χ1v) is 12.6. The molecule has 0 amide bonds. The molecule has 3 rings (SSSR count). The average molecular weight is 474 g/mol. The molecule has 0 aliphatic heterocycles. The summed E-state index contributed by atoms with van der Waals surface area (Å²) >= 11 is 1.82. The zero-order valence-electron chi connectivity index (χ0n) is 19.6. The summed E-state index contributed by atoms with van der Waals surface area (Å²) in [4.78, 5) is 13.8. The van der Waals surface area contributed by atoms with Crippen molar-refractivity contribution in [1.29, 1.82) is 5.41 Å². The van der Waals surface area contributed by atoms with Crippen LogP contribution in [0.4, 0.5) is 5.69 Å². The number of ether oxygens (including phenoxy) is 1. The molecular formula is C28H31N3O2S. The SMILES string of the molecule is COc1cc(CCCSC)cc(NC(C(=O)/C(=C/N)C(=N)c2ccccc2)c2ccccc2)c1. The number of Topliss-reactive ketones (excluding diaryl/α,β-unsaturated/α-hetero) is 1. The van der Waals surface area contributed by atoms with E-state index in [4.69, 9.17) is 15.9 Å². The number of nitrogens with one attached hydrogen (secondary N) is 2. The van der Waals surface area contributed by atoms with Crippen LogP contribution >= 0.6 is 11.8 Å². The second-order valence-corrected chi connectivity index (χ2v) is 8.83. The molecule has 0 radical (unpaired) electrons. The van der Waals surface area contributed by atoms with Crippen LogP contribution in [0.15, 0.2) is 90.6 Å². The quantitative estimate of drug-likeness (QED) is 0.180. The van der Waals surface area contributed by atoms with E-state index in [1.165, 1.54) is 6.20 Å². The lowest BCUT2D eigenvalue weighted by Gasteiger charge is -2.22. The second kappa shape index (κ2) is 12.7. The third-order valence-electron chi connectivity index (χ3n) is 5.49. The average Bonchev–Trinajstić information content (AvgIpc) is 2.88. The highest BCUT2D eigenvalue weighted by Gasteiger charge is 2.27. The van der Waals surface area contributed by atoms with Crippen molar-refractivity contribution in [3.63, 3.8) is 0 Å². The second-order valence-electron chi connectivity index (χ2n) is 7.84. The van der Waals surface area contributed by atoms with E-state index < -0.39 is 6.04 Å². The number of ketones is 1. The van der Waals surface area contributed by atoms with E-state index in [0.29, 0.717) is 5.56 Å². The number of methoxy groups -OCH3 is 1. The lowest BCUT2D eigenvalue weighted by molar-refractivity contribution is -0.115. The van der Waals surface area contributed by atoms with E-state index in [9.17, 15) is 4.79 Å². The van der Waals surface area contributed by atoms with Crippen molar-refractivity contribution in [3.05, 3.63) is 107 Å². The molecule has 0 spiro atoms. The Balaban J connectivity index is 1.95. The Morgan fingerprint density at radius 3 is 2.38 bits per heavy atom. The summed E-state index contributed by atoms with van der Waals surface area (Å²) in [6.45, 7) is 0. The van der Waals surface area contributed by atoms with Gasteiger partial charge in [0, 0.05) is 23.5 Å². The maximum absolute atomic E-state index is 13.8. The Morgan fingerprint density at radius 2 is 1.76 bits per heavy atom. The molecule has 5 nitrogen and oxygen atoms in total. The normalized spacial score (nSPS) is 12.1. The van der Waals surface area contributed by atoms with Gasteiger partial charge in [-0.2, -0.15) is 11.8 Å². The van der Waals surface area contributed by atoms with Gasteiger partial charge in [-0.25, -0.2) is 0 Å². The fourth-order valence-electron chi connectivity index (χ4n) is 3.74. The number of benzene rings is 3. The maximum atomic E-state index is 13.8. The number of aryl methyl sites for hydroxylation is 1. The molecule has 0 fully saturated rings. The highest BCUT2D eigenvalue weighted by atomic mass is 32.2. The molecule has 1 unspecified atom stereocenters. The Kier molecular flexibility index (Phi) is 9.35. The topological polar surface area (TPSA) is 88.2 Å². The summed E-state index contributed by atoms with van der Waals surface area (Å²) < 4.78 is 5.52. The van der Waals surface area contributed by atoms with Gasteiger partial charge in [0.05, 0.1) is 18.4 Å². The maximum Gasteiger partial charge on any atom is 0.193 e. The van der Waals surface area contributed by atoms with E-state index in [2.05, 4.69) is 17.6 Å². The van der Waals surface area contributed by atoms with Gasteiger partial charge in [-0.05, 0) is 48.1 Å². The van der Waals surface area contributed by atoms with Crippen LogP contribution in [0.25, 0.3) is 0 Å². The minimum absolute atomic E-state index is 0.0965. The van der Waals surface area contributed by atoms with Gasteiger partial charge < -0.3 is 15.8 Å². The van der Waals surface area contributed by atoms with E-state index in [-0.39, 0.29) is 17.1 Å². The number of thioether (sulfide) groups is 1. The van der Waals surface area contributed by atoms with Crippen LogP contribution in [-0.2, 0) is 11.2 Å². The molecule has 0 aromatic heterocycles. The Hall–Kier alpha value is -3.51. The highest BCUT2D eigenvalue weighted by Crippen LogP contribution is 2.28. The predicted molar refractivity (Wildman–Crippen MR) is 143 cm³/mol. The number of nitrogens with two attached hydrogens (primary N) is 1. The molecule has 3 aromatic rings. The zero-order valence-corrected chi connectivity index (χ0v) is 20.4. The fraction of sp³-hybridized carbons (Fsp3) is 0.214. The minimum Gasteiger partial charge on any atom is -0.497 e. The van der Waals surface area contributed by atoms with E-state index >= 15 is 0 Å². The van der Waals surface area contributed by atoms with Crippen LogP contribution < -0.4 is 15.8 Å². The summed E-state index contributed by atoms with van der Waals surface area (Å²) in [7, 11) is 1.64. The Labute approximate surface area is 205 Å². The van der Waals surface area contributed by atoms with Gasteiger partial charge in [-0.15, -0.1) is 0 Å². The van der Waals surface area contributed by atoms with Gasteiger partial charge in [0.25, 0.3) is 0 Å². The van der Waals surface area contributed by atoms with E-state index in [1.54, 1.807) is 19.2 Å². The number of hydrogen-bond acceptors (Lipinski definition) is 6. The molecule has 0 saturated carbocycles. The van der Waals surface area contributed by atoms with Crippen LogP contribution in [0.1, 0.15) is 29.2 Å². The molecule has 0 saturated heterocycles. The van der Waals surface area contributed by atoms with E-state index in [0.717, 1.165) is 41.2 Å². The summed E-state index contributed by atoms with van der Waals surface area (Å²) in [6.07, 6.45) is 5.31. The predicted octanol–water partition coefficient (Wildman–Crippen LogP) is 5.62. The van der Waals surface area contributed by atoms with Gasteiger partial charge in [0.1, 0.15) is 11.8 Å².